The van der Waals surface area contributed by atoms with Crippen LogP contribution in [0.25, 0.3) is 0 Å². The number of aliphatic hydroxyl groups is 1. The number of allylic oxidation sites excluding steroid dienone is 9. The molecular formula is C54H101N2O6P. The molecule has 1 amide bonds. The molecule has 2 N–H and O–H groups in total. The van der Waals surface area contributed by atoms with Gasteiger partial charge in [-0.05, 0) is 64.2 Å². The molecule has 0 radical (unpaired) electrons. The SMILES string of the molecule is CC/C=C\C/C=C\C/C=C\CCCCCCCCCC(=O)NC(COP(=O)([O-])OCC[N+](C)(C)C)C(O)/C=C/CC/C=C/CCCCCCCCCCCCCCCCCCCC. The van der Waals surface area contributed by atoms with Crippen molar-refractivity contribution in [2.24, 2.45) is 0 Å². The Kier molecular flexibility index (Phi) is 44.1. The van der Waals surface area contributed by atoms with Gasteiger partial charge in [0.25, 0.3) is 7.82 Å². The second kappa shape index (κ2) is 45.4. The summed E-state index contributed by atoms with van der Waals surface area (Å²) in [6.07, 6.45) is 60.0. The normalized spacial score (nSPS) is 14.6. The van der Waals surface area contributed by atoms with Gasteiger partial charge in [-0.1, -0.05) is 216 Å². The molecule has 0 aliphatic rings. The summed E-state index contributed by atoms with van der Waals surface area (Å²) in [5.74, 6) is -0.218. The summed E-state index contributed by atoms with van der Waals surface area (Å²) < 4.78 is 23.3. The zero-order valence-corrected chi connectivity index (χ0v) is 42.7. The number of carbonyl (C=O) groups excluding carboxylic acids is 1. The van der Waals surface area contributed by atoms with Gasteiger partial charge >= 0.3 is 0 Å². The van der Waals surface area contributed by atoms with Crippen LogP contribution in [0, 0.1) is 0 Å². The van der Waals surface area contributed by atoms with Crippen molar-refractivity contribution in [3.8, 4) is 0 Å². The molecule has 0 aromatic heterocycles. The predicted octanol–water partition coefficient (Wildman–Crippen LogP) is 14.7. The van der Waals surface area contributed by atoms with Crippen molar-refractivity contribution >= 4 is 13.7 Å². The highest BCUT2D eigenvalue weighted by atomic mass is 31.2. The number of likely N-dealkylation sites (N-methyl/N-ethyl adjacent to an activating group) is 1. The van der Waals surface area contributed by atoms with Crippen LogP contribution in [0.1, 0.15) is 226 Å². The summed E-state index contributed by atoms with van der Waals surface area (Å²) in [5.41, 5.74) is 0. The summed E-state index contributed by atoms with van der Waals surface area (Å²) in [7, 11) is 1.23. The minimum absolute atomic E-state index is 0.0106. The molecule has 0 aromatic rings. The number of hydrogen-bond acceptors (Lipinski definition) is 6. The van der Waals surface area contributed by atoms with Crippen LogP contribution in [-0.2, 0) is 18.4 Å². The van der Waals surface area contributed by atoms with Crippen LogP contribution in [-0.4, -0.2) is 68.5 Å². The van der Waals surface area contributed by atoms with Crippen LogP contribution >= 0.6 is 7.82 Å². The number of carbonyl (C=O) groups is 1. The Morgan fingerprint density at radius 3 is 1.48 bits per heavy atom. The molecule has 0 rings (SSSR count). The molecule has 0 saturated carbocycles. The molecular weight excluding hydrogens is 804 g/mol. The molecule has 3 atom stereocenters. The average molecular weight is 905 g/mol. The highest BCUT2D eigenvalue weighted by molar-refractivity contribution is 7.45. The largest absolute Gasteiger partial charge is 0.756 e. The van der Waals surface area contributed by atoms with Crippen LogP contribution in [0.15, 0.2) is 60.8 Å². The number of unbranched alkanes of at least 4 members (excludes halogenated alkanes) is 26. The van der Waals surface area contributed by atoms with E-state index >= 15 is 0 Å². The smallest absolute Gasteiger partial charge is 0.268 e. The monoisotopic (exact) mass is 905 g/mol. The van der Waals surface area contributed by atoms with Gasteiger partial charge in [0, 0.05) is 6.42 Å². The van der Waals surface area contributed by atoms with Gasteiger partial charge in [-0.15, -0.1) is 0 Å². The first-order valence-electron chi connectivity index (χ1n) is 26.2. The van der Waals surface area contributed by atoms with Crippen LogP contribution in [0.3, 0.4) is 0 Å². The number of amides is 1. The van der Waals surface area contributed by atoms with E-state index in [1.807, 2.05) is 27.2 Å². The lowest BCUT2D eigenvalue weighted by molar-refractivity contribution is -0.870. The zero-order valence-electron chi connectivity index (χ0n) is 41.8. The van der Waals surface area contributed by atoms with Crippen molar-refractivity contribution in [2.45, 2.75) is 238 Å². The molecule has 63 heavy (non-hydrogen) atoms. The molecule has 368 valence electrons. The number of phosphoric acid groups is 1. The molecule has 0 saturated heterocycles. The summed E-state index contributed by atoms with van der Waals surface area (Å²) in [6.45, 7) is 4.52. The van der Waals surface area contributed by atoms with Crippen molar-refractivity contribution in [1.29, 1.82) is 0 Å². The quantitative estimate of drug-likeness (QED) is 0.0273. The molecule has 0 aliphatic carbocycles. The van der Waals surface area contributed by atoms with E-state index in [1.165, 1.54) is 135 Å². The van der Waals surface area contributed by atoms with Crippen LogP contribution in [0.5, 0.6) is 0 Å². The Balaban J connectivity index is 4.34. The Labute approximate surface area is 390 Å². The first kappa shape index (κ1) is 61.2. The zero-order chi connectivity index (χ0) is 46.4. The maximum atomic E-state index is 12.9. The molecule has 0 bridgehead atoms. The van der Waals surface area contributed by atoms with Crippen molar-refractivity contribution in [2.75, 3.05) is 40.9 Å². The summed E-state index contributed by atoms with van der Waals surface area (Å²) in [6, 6.07) is -0.911. The maximum absolute atomic E-state index is 12.9. The second-order valence-corrected chi connectivity index (χ2v) is 20.2. The number of nitrogens with one attached hydrogen (secondary N) is 1. The lowest BCUT2D eigenvalue weighted by Gasteiger charge is -2.29. The van der Waals surface area contributed by atoms with Gasteiger partial charge in [0.2, 0.25) is 5.91 Å². The Morgan fingerprint density at radius 1 is 0.571 bits per heavy atom. The molecule has 3 unspecified atom stereocenters. The highest BCUT2D eigenvalue weighted by Gasteiger charge is 2.23. The predicted molar refractivity (Wildman–Crippen MR) is 270 cm³/mol. The van der Waals surface area contributed by atoms with Gasteiger partial charge in [-0.25, -0.2) is 0 Å². The maximum Gasteiger partial charge on any atom is 0.268 e. The van der Waals surface area contributed by atoms with Crippen molar-refractivity contribution in [1.82, 2.24) is 5.32 Å². The number of phosphoric ester groups is 1. The van der Waals surface area contributed by atoms with E-state index in [1.54, 1.807) is 6.08 Å². The second-order valence-electron chi connectivity index (χ2n) is 18.8. The first-order valence-corrected chi connectivity index (χ1v) is 27.6. The lowest BCUT2D eigenvalue weighted by atomic mass is 10.0. The van der Waals surface area contributed by atoms with Gasteiger partial charge in [-0.3, -0.25) is 9.36 Å². The number of nitrogens with zero attached hydrogens (tertiary/aromatic N) is 1. The van der Waals surface area contributed by atoms with Crippen molar-refractivity contribution in [3.05, 3.63) is 60.8 Å². The van der Waals surface area contributed by atoms with E-state index in [9.17, 15) is 19.4 Å². The van der Waals surface area contributed by atoms with E-state index < -0.39 is 26.6 Å². The average Bonchev–Trinajstić information content (AvgIpc) is 3.24. The summed E-state index contributed by atoms with van der Waals surface area (Å²) in [4.78, 5) is 25.4. The fourth-order valence-electron chi connectivity index (χ4n) is 7.36. The molecule has 0 heterocycles. The fraction of sp³-hybridized carbons (Fsp3) is 0.796. The van der Waals surface area contributed by atoms with Crippen LogP contribution in [0.4, 0.5) is 0 Å². The molecule has 0 aliphatic heterocycles. The van der Waals surface area contributed by atoms with Gasteiger partial charge in [0.15, 0.2) is 0 Å². The number of rotatable bonds is 47. The topological polar surface area (TPSA) is 108 Å². The van der Waals surface area contributed by atoms with E-state index in [0.717, 1.165) is 70.6 Å². The van der Waals surface area contributed by atoms with E-state index in [2.05, 4.69) is 67.8 Å². The van der Waals surface area contributed by atoms with E-state index in [-0.39, 0.29) is 12.5 Å². The summed E-state index contributed by atoms with van der Waals surface area (Å²) >= 11 is 0. The third-order valence-corrected chi connectivity index (χ3v) is 12.4. The summed E-state index contributed by atoms with van der Waals surface area (Å²) in [5, 5.41) is 13.8. The Bertz CT molecular complexity index is 1210. The molecule has 0 aromatic carbocycles. The van der Waals surface area contributed by atoms with Gasteiger partial charge in [-0.2, -0.15) is 0 Å². The molecule has 0 spiro atoms. The Morgan fingerprint density at radius 2 is 0.984 bits per heavy atom. The van der Waals surface area contributed by atoms with E-state index in [0.29, 0.717) is 17.4 Å². The first-order chi connectivity index (χ1) is 30.5. The van der Waals surface area contributed by atoms with Gasteiger partial charge in [0.1, 0.15) is 13.2 Å². The number of hydrogen-bond donors (Lipinski definition) is 2. The third kappa shape index (κ3) is 48.0. The van der Waals surface area contributed by atoms with E-state index in [4.69, 9.17) is 9.05 Å². The van der Waals surface area contributed by atoms with Crippen molar-refractivity contribution < 1.29 is 32.9 Å². The van der Waals surface area contributed by atoms with Crippen LogP contribution < -0.4 is 10.2 Å². The minimum Gasteiger partial charge on any atom is -0.756 e. The molecule has 8 nitrogen and oxygen atoms in total. The van der Waals surface area contributed by atoms with Gasteiger partial charge in [0.05, 0.1) is 39.9 Å². The molecule has 9 heteroatoms. The number of quaternary nitrogens is 1. The fourth-order valence-corrected chi connectivity index (χ4v) is 8.08. The Hall–Kier alpha value is -1.80. The standard InChI is InChI=1S/C54H101N2O6P/c1-6-8-10-12-14-16-18-20-22-24-25-26-27-28-29-30-32-33-35-37-39-41-43-45-47-53(57)52(51-62-63(59,60)61-50-49-56(3,4)5)55-54(58)48-46-44-42-40-38-36-34-31-23-21-19-17-15-13-11-9-7-2/h9,11,15,17,21,23,37,39,45,47,52-53,57H,6-8,10,12-14,16,18-20,22,24-36,38,40-44,46,48-51H2,1-5H3,(H-,55,58,59,60)/b11-9-,17-15-,23-21-,39-37+,47-45+. The van der Waals surface area contributed by atoms with Gasteiger partial charge < -0.3 is 28.8 Å². The number of aliphatic hydroxyl groups excluding tert-OH is 1. The van der Waals surface area contributed by atoms with Crippen molar-refractivity contribution in [3.63, 3.8) is 0 Å². The lowest BCUT2D eigenvalue weighted by Crippen LogP contribution is -2.45. The highest BCUT2D eigenvalue weighted by Crippen LogP contribution is 2.38. The van der Waals surface area contributed by atoms with Crippen LogP contribution in [0.2, 0.25) is 0 Å². The molecule has 0 fully saturated rings. The minimum atomic E-state index is -4.61. The third-order valence-electron chi connectivity index (χ3n) is 11.5.